The van der Waals surface area contributed by atoms with Gasteiger partial charge in [-0.15, -0.1) is 0 Å². The standard InChI is InChI=1S/C65H123N2O7P/c1-7-10-13-16-19-22-25-28-30-31-32-33-34-35-37-39-42-45-48-51-54-57-64(68)66-62(61-73-75(70,71)72-60-59-67(4,5)6)63(56-53-50-47-44-41-38-27-24-21-18-15-12-9-3)74-65(69)58-55-52-49-46-43-40-36-29-26-23-20-17-14-11-8-2/h19,22,28,30,32-33,53,56,62-63H,7-18,20-21,23-27,29,31,34-52,54-55,57-61H2,1-6H3,(H-,66,68,70,71)/b22-19-,30-28-,33-32-,56-53-. The van der Waals surface area contributed by atoms with Gasteiger partial charge in [0.1, 0.15) is 19.3 Å². The van der Waals surface area contributed by atoms with Gasteiger partial charge < -0.3 is 28.5 Å². The fourth-order valence-corrected chi connectivity index (χ4v) is 10.0. The van der Waals surface area contributed by atoms with E-state index >= 15 is 0 Å². The normalized spacial score (nSPS) is 14.0. The van der Waals surface area contributed by atoms with Gasteiger partial charge in [0.15, 0.2) is 0 Å². The first-order valence-electron chi connectivity index (χ1n) is 31.9. The van der Waals surface area contributed by atoms with E-state index in [0.29, 0.717) is 17.4 Å². The van der Waals surface area contributed by atoms with E-state index in [1.807, 2.05) is 33.3 Å². The van der Waals surface area contributed by atoms with Crippen molar-refractivity contribution in [2.75, 3.05) is 40.9 Å². The number of nitrogens with one attached hydrogen (secondary N) is 1. The molecule has 0 bridgehead atoms. The van der Waals surface area contributed by atoms with Crippen molar-refractivity contribution < 1.29 is 37.3 Å². The van der Waals surface area contributed by atoms with Gasteiger partial charge in [0.05, 0.1) is 33.8 Å². The zero-order valence-corrected chi connectivity index (χ0v) is 51.2. The quantitative estimate of drug-likeness (QED) is 0.0212. The maximum absolute atomic E-state index is 13.5. The Morgan fingerprint density at radius 2 is 0.813 bits per heavy atom. The molecule has 0 aliphatic heterocycles. The van der Waals surface area contributed by atoms with Gasteiger partial charge in [-0.3, -0.25) is 14.2 Å². The highest BCUT2D eigenvalue weighted by molar-refractivity contribution is 7.45. The van der Waals surface area contributed by atoms with Crippen molar-refractivity contribution >= 4 is 19.7 Å². The Kier molecular flexibility index (Phi) is 53.8. The number of likely N-dealkylation sites (N-methyl/N-ethyl adjacent to an activating group) is 1. The zero-order valence-electron chi connectivity index (χ0n) is 50.3. The summed E-state index contributed by atoms with van der Waals surface area (Å²) in [6, 6.07) is -0.890. The predicted molar refractivity (Wildman–Crippen MR) is 321 cm³/mol. The van der Waals surface area contributed by atoms with Gasteiger partial charge in [0, 0.05) is 12.8 Å². The molecule has 0 saturated carbocycles. The number of ether oxygens (including phenoxy) is 1. The van der Waals surface area contributed by atoms with Crippen molar-refractivity contribution in [3.63, 3.8) is 0 Å². The first-order chi connectivity index (χ1) is 36.4. The minimum atomic E-state index is -4.70. The second kappa shape index (κ2) is 55.3. The number of nitrogens with zero attached hydrogens (tertiary/aromatic N) is 1. The molecule has 0 heterocycles. The van der Waals surface area contributed by atoms with Crippen molar-refractivity contribution in [1.29, 1.82) is 0 Å². The van der Waals surface area contributed by atoms with E-state index in [0.717, 1.165) is 83.5 Å². The van der Waals surface area contributed by atoms with Gasteiger partial charge in [-0.1, -0.05) is 269 Å². The summed E-state index contributed by atoms with van der Waals surface area (Å²) in [5, 5.41) is 3.03. The van der Waals surface area contributed by atoms with Gasteiger partial charge in [0.2, 0.25) is 5.91 Å². The molecule has 0 aliphatic rings. The first kappa shape index (κ1) is 73.0. The molecule has 0 aromatic carbocycles. The van der Waals surface area contributed by atoms with Crippen LogP contribution in [-0.4, -0.2) is 69.4 Å². The molecule has 0 aliphatic carbocycles. The summed E-state index contributed by atoms with van der Waals surface area (Å²) in [5.74, 6) is -0.537. The fourth-order valence-electron chi connectivity index (χ4n) is 9.29. The predicted octanol–water partition coefficient (Wildman–Crippen LogP) is 19.0. The summed E-state index contributed by atoms with van der Waals surface area (Å²) in [7, 11) is 1.19. The molecule has 0 spiro atoms. The molecule has 0 fully saturated rings. The lowest BCUT2D eigenvalue weighted by molar-refractivity contribution is -0.870. The van der Waals surface area contributed by atoms with Crippen LogP contribution >= 0.6 is 7.82 Å². The molecular weight excluding hydrogens is 952 g/mol. The van der Waals surface area contributed by atoms with Gasteiger partial charge >= 0.3 is 5.97 Å². The number of rotatable bonds is 58. The topological polar surface area (TPSA) is 114 Å². The number of quaternary nitrogens is 1. The second-order valence-corrected chi connectivity index (χ2v) is 24.3. The zero-order chi connectivity index (χ0) is 55.0. The summed E-state index contributed by atoms with van der Waals surface area (Å²) in [6.07, 6.45) is 67.8. The van der Waals surface area contributed by atoms with Crippen molar-refractivity contribution in [3.05, 3.63) is 48.6 Å². The van der Waals surface area contributed by atoms with Crippen molar-refractivity contribution in [2.24, 2.45) is 0 Å². The Morgan fingerprint density at radius 1 is 0.467 bits per heavy atom. The molecule has 0 rings (SSSR count). The molecular formula is C65H123N2O7P. The Labute approximate surface area is 465 Å². The fraction of sp³-hybridized carbons (Fsp3) is 0.846. The van der Waals surface area contributed by atoms with Crippen molar-refractivity contribution in [1.82, 2.24) is 5.32 Å². The first-order valence-corrected chi connectivity index (χ1v) is 33.4. The highest BCUT2D eigenvalue weighted by Gasteiger charge is 2.27. The molecule has 3 atom stereocenters. The number of phosphoric acid groups is 1. The van der Waals surface area contributed by atoms with Crippen LogP contribution < -0.4 is 10.2 Å². The smallest absolute Gasteiger partial charge is 0.306 e. The minimum absolute atomic E-state index is 0.0227. The number of hydrogen-bond donors (Lipinski definition) is 1. The number of phosphoric ester groups is 1. The largest absolute Gasteiger partial charge is 0.756 e. The van der Waals surface area contributed by atoms with Crippen LogP contribution in [0.3, 0.4) is 0 Å². The molecule has 1 N–H and O–H groups in total. The lowest BCUT2D eigenvalue weighted by atomic mass is 10.0. The summed E-state index contributed by atoms with van der Waals surface area (Å²) >= 11 is 0. The average molecular weight is 1080 g/mol. The van der Waals surface area contributed by atoms with E-state index in [9.17, 15) is 19.0 Å². The molecule has 10 heteroatoms. The maximum atomic E-state index is 13.5. The average Bonchev–Trinajstić information content (AvgIpc) is 3.37. The number of hydrogen-bond acceptors (Lipinski definition) is 7. The molecule has 440 valence electrons. The summed E-state index contributed by atoms with van der Waals surface area (Å²) < 4.78 is 30.3. The van der Waals surface area contributed by atoms with Crippen molar-refractivity contribution in [2.45, 2.75) is 315 Å². The van der Waals surface area contributed by atoms with Crippen LogP contribution in [0.15, 0.2) is 48.6 Å². The molecule has 0 aromatic heterocycles. The van der Waals surface area contributed by atoms with Crippen LogP contribution in [0, 0.1) is 0 Å². The van der Waals surface area contributed by atoms with Gasteiger partial charge in [-0.05, 0) is 70.3 Å². The Hall–Kier alpha value is -2.03. The van der Waals surface area contributed by atoms with E-state index in [1.165, 1.54) is 186 Å². The monoisotopic (exact) mass is 1070 g/mol. The van der Waals surface area contributed by atoms with Crippen molar-refractivity contribution in [3.8, 4) is 0 Å². The summed E-state index contributed by atoms with van der Waals surface area (Å²) in [5.41, 5.74) is 0. The SMILES string of the molecule is CCCCC/C=C\C/C=C\C/C=C\CCCCCCCCCCC(=O)NC(COP(=O)([O-])OCC[N+](C)(C)C)C(/C=C\CCCCCCCCCCCCC)OC(=O)CCCCCCCCCCCCCCCCC. The number of amides is 1. The van der Waals surface area contributed by atoms with E-state index in [2.05, 4.69) is 62.5 Å². The highest BCUT2D eigenvalue weighted by atomic mass is 31.2. The Balaban J connectivity index is 5.24. The summed E-state index contributed by atoms with van der Waals surface area (Å²) in [6.45, 7) is 6.84. The highest BCUT2D eigenvalue weighted by Crippen LogP contribution is 2.38. The molecule has 3 unspecified atom stereocenters. The van der Waals surface area contributed by atoms with Crippen LogP contribution in [-0.2, 0) is 27.9 Å². The van der Waals surface area contributed by atoms with Gasteiger partial charge in [0.25, 0.3) is 7.82 Å². The molecule has 0 aromatic rings. The number of carbonyl (C=O) groups excluding carboxylic acids is 2. The van der Waals surface area contributed by atoms with Crippen LogP contribution in [0.2, 0.25) is 0 Å². The molecule has 0 radical (unpaired) electrons. The molecule has 0 saturated heterocycles. The van der Waals surface area contributed by atoms with E-state index in [-0.39, 0.29) is 31.5 Å². The Bertz CT molecular complexity index is 1420. The van der Waals surface area contributed by atoms with Crippen LogP contribution in [0.25, 0.3) is 0 Å². The van der Waals surface area contributed by atoms with Crippen LogP contribution in [0.4, 0.5) is 0 Å². The lowest BCUT2D eigenvalue weighted by Crippen LogP contribution is -2.47. The van der Waals surface area contributed by atoms with E-state index in [4.69, 9.17) is 13.8 Å². The van der Waals surface area contributed by atoms with Gasteiger partial charge in [-0.25, -0.2) is 0 Å². The molecule has 75 heavy (non-hydrogen) atoms. The number of allylic oxidation sites excluding steroid dienone is 7. The van der Waals surface area contributed by atoms with E-state index < -0.39 is 20.0 Å². The summed E-state index contributed by atoms with van der Waals surface area (Å²) in [4.78, 5) is 40.0. The third-order valence-corrected chi connectivity index (χ3v) is 15.2. The second-order valence-electron chi connectivity index (χ2n) is 22.9. The lowest BCUT2D eigenvalue weighted by Gasteiger charge is -2.30. The molecule has 1 amide bonds. The number of unbranched alkanes of at least 4 members (excludes halogenated alkanes) is 36. The third-order valence-electron chi connectivity index (χ3n) is 14.3. The van der Waals surface area contributed by atoms with Crippen LogP contribution in [0.5, 0.6) is 0 Å². The number of carbonyl (C=O) groups is 2. The minimum Gasteiger partial charge on any atom is -0.756 e. The Morgan fingerprint density at radius 3 is 1.24 bits per heavy atom. The van der Waals surface area contributed by atoms with Crippen LogP contribution in [0.1, 0.15) is 303 Å². The maximum Gasteiger partial charge on any atom is 0.306 e. The molecule has 9 nitrogen and oxygen atoms in total. The van der Waals surface area contributed by atoms with E-state index in [1.54, 1.807) is 0 Å². The third kappa shape index (κ3) is 56.5. The number of esters is 1. The van der Waals surface area contributed by atoms with Gasteiger partial charge in [-0.2, -0.15) is 0 Å².